The molecule has 0 aromatic heterocycles. The molecule has 6 nitrogen and oxygen atoms in total. The molecule has 0 fully saturated rings. The zero-order valence-electron chi connectivity index (χ0n) is 16.8. The average Bonchev–Trinajstić information content (AvgIpc) is 2.68. The molecule has 2 aromatic carbocycles. The molecule has 7 heteroatoms. The van der Waals surface area contributed by atoms with Crippen LogP contribution < -0.4 is 0 Å². The normalized spacial score (nSPS) is 12.9. The molecule has 0 amide bonds. The van der Waals surface area contributed by atoms with Gasteiger partial charge in [0.25, 0.3) is 0 Å². The summed E-state index contributed by atoms with van der Waals surface area (Å²) in [7, 11) is 0.922. The molecule has 0 aliphatic heterocycles. The first-order valence-corrected chi connectivity index (χ1v) is 10.5. The second-order valence-corrected chi connectivity index (χ2v) is 9.17. The maximum atomic E-state index is 12.4. The van der Waals surface area contributed by atoms with Crippen LogP contribution in [-0.4, -0.2) is 51.3 Å². The smallest absolute Gasteiger partial charge is 0.309 e. The van der Waals surface area contributed by atoms with Gasteiger partial charge in [-0.05, 0) is 23.3 Å². The summed E-state index contributed by atoms with van der Waals surface area (Å²) in [4.78, 5) is 14.3. The van der Waals surface area contributed by atoms with Gasteiger partial charge in [-0.25, -0.2) is 12.7 Å². The first kappa shape index (κ1) is 22.1. The highest BCUT2D eigenvalue weighted by Crippen LogP contribution is 2.18. The number of rotatable bonds is 9. The van der Waals surface area contributed by atoms with Crippen molar-refractivity contribution in [3.63, 3.8) is 0 Å². The lowest BCUT2D eigenvalue weighted by molar-refractivity contribution is -0.145. The van der Waals surface area contributed by atoms with E-state index in [0.717, 1.165) is 11.1 Å². The number of hydrogen-bond donors (Lipinski definition) is 0. The van der Waals surface area contributed by atoms with Crippen LogP contribution in [0.2, 0.25) is 0 Å². The summed E-state index contributed by atoms with van der Waals surface area (Å²) in [6, 6.07) is 16.9. The topological polar surface area (TPSA) is 66.9 Å². The van der Waals surface area contributed by atoms with Crippen molar-refractivity contribution in [2.24, 2.45) is 5.92 Å². The van der Waals surface area contributed by atoms with E-state index in [1.54, 1.807) is 18.2 Å². The number of nitrogens with zero attached hydrogens (tertiary/aromatic N) is 2. The fourth-order valence-electron chi connectivity index (χ4n) is 2.96. The lowest BCUT2D eigenvalue weighted by Gasteiger charge is -2.25. The van der Waals surface area contributed by atoms with Crippen LogP contribution in [-0.2, 0) is 32.6 Å². The Morgan fingerprint density at radius 1 is 1.00 bits per heavy atom. The van der Waals surface area contributed by atoms with Crippen molar-refractivity contribution in [1.82, 2.24) is 9.21 Å². The van der Waals surface area contributed by atoms with Gasteiger partial charge < -0.3 is 4.74 Å². The van der Waals surface area contributed by atoms with Gasteiger partial charge >= 0.3 is 5.97 Å². The highest BCUT2D eigenvalue weighted by molar-refractivity contribution is 7.89. The number of hydrogen-bond acceptors (Lipinski definition) is 5. The third-order valence-corrected chi connectivity index (χ3v) is 6.28. The van der Waals surface area contributed by atoms with Gasteiger partial charge in [-0.1, -0.05) is 49.4 Å². The summed E-state index contributed by atoms with van der Waals surface area (Å²) in [5, 5.41) is 0. The molecule has 0 radical (unpaired) electrons. The second kappa shape index (κ2) is 9.82. The third kappa shape index (κ3) is 5.89. The lowest BCUT2D eigenvalue weighted by Crippen LogP contribution is -2.32. The summed E-state index contributed by atoms with van der Waals surface area (Å²) >= 11 is 0. The van der Waals surface area contributed by atoms with Gasteiger partial charge in [0.1, 0.15) is 0 Å². The molecule has 1 atom stereocenters. The van der Waals surface area contributed by atoms with Gasteiger partial charge in [-0.15, -0.1) is 0 Å². The van der Waals surface area contributed by atoms with Crippen molar-refractivity contribution in [3.05, 3.63) is 65.7 Å². The van der Waals surface area contributed by atoms with E-state index in [2.05, 4.69) is 4.90 Å². The van der Waals surface area contributed by atoms with E-state index in [4.69, 9.17) is 4.74 Å². The zero-order valence-corrected chi connectivity index (χ0v) is 17.6. The molecular formula is C21H28N2O4S. The predicted octanol–water partition coefficient (Wildman–Crippen LogP) is 2.75. The Balaban J connectivity index is 2.25. The molecule has 1 unspecified atom stereocenters. The van der Waals surface area contributed by atoms with Gasteiger partial charge in [0.2, 0.25) is 10.0 Å². The lowest BCUT2D eigenvalue weighted by atomic mass is 10.1. The maximum absolute atomic E-state index is 12.4. The number of carbonyl (C=O) groups is 1. The van der Waals surface area contributed by atoms with Crippen LogP contribution in [0, 0.1) is 5.92 Å². The highest BCUT2D eigenvalue weighted by Gasteiger charge is 2.20. The van der Waals surface area contributed by atoms with E-state index < -0.39 is 10.0 Å². The molecule has 0 N–H and O–H groups in total. The largest absolute Gasteiger partial charge is 0.469 e. The van der Waals surface area contributed by atoms with Gasteiger partial charge in [-0.2, -0.15) is 0 Å². The Morgan fingerprint density at radius 3 is 2.21 bits per heavy atom. The molecule has 0 bridgehead atoms. The Hall–Kier alpha value is -2.22. The third-order valence-electron chi connectivity index (χ3n) is 4.47. The van der Waals surface area contributed by atoms with Crippen molar-refractivity contribution < 1.29 is 17.9 Å². The average molecular weight is 405 g/mol. The minimum Gasteiger partial charge on any atom is -0.469 e. The number of ether oxygens (including phenoxy) is 1. The van der Waals surface area contributed by atoms with Crippen molar-refractivity contribution in [2.75, 3.05) is 27.7 Å². The highest BCUT2D eigenvalue weighted by atomic mass is 32.2. The van der Waals surface area contributed by atoms with Crippen molar-refractivity contribution in [1.29, 1.82) is 0 Å². The van der Waals surface area contributed by atoms with Crippen LogP contribution in [0.25, 0.3) is 0 Å². The zero-order chi connectivity index (χ0) is 20.7. The number of sulfonamides is 1. The van der Waals surface area contributed by atoms with E-state index in [1.165, 1.54) is 25.5 Å². The van der Waals surface area contributed by atoms with Crippen molar-refractivity contribution in [2.45, 2.75) is 24.9 Å². The Kier molecular flexibility index (Phi) is 7.74. The summed E-state index contributed by atoms with van der Waals surface area (Å²) in [6.07, 6.45) is 0. The van der Waals surface area contributed by atoms with Gasteiger partial charge in [0, 0.05) is 33.7 Å². The number of methoxy groups -OCH3 is 1. The SMILES string of the molecule is COC(=O)C(C)CN(Cc1ccccc1)Cc1cccc(S(=O)(=O)N(C)C)c1. The fraction of sp³-hybridized carbons (Fsp3) is 0.381. The van der Waals surface area contributed by atoms with E-state index in [-0.39, 0.29) is 16.8 Å². The second-order valence-electron chi connectivity index (χ2n) is 7.01. The monoisotopic (exact) mass is 404 g/mol. The van der Waals surface area contributed by atoms with E-state index in [0.29, 0.717) is 19.6 Å². The summed E-state index contributed by atoms with van der Waals surface area (Å²) in [5.41, 5.74) is 1.99. The summed E-state index contributed by atoms with van der Waals surface area (Å²) in [6.45, 7) is 3.50. The summed E-state index contributed by atoms with van der Waals surface area (Å²) < 4.78 is 30.9. The predicted molar refractivity (Wildman–Crippen MR) is 109 cm³/mol. The maximum Gasteiger partial charge on any atom is 0.309 e. The quantitative estimate of drug-likeness (QED) is 0.601. The Labute approximate surface area is 167 Å². The van der Waals surface area contributed by atoms with Crippen LogP contribution in [0.15, 0.2) is 59.5 Å². The minimum atomic E-state index is -3.49. The first-order chi connectivity index (χ1) is 13.2. The molecule has 152 valence electrons. The Morgan fingerprint density at radius 2 is 1.61 bits per heavy atom. The van der Waals surface area contributed by atoms with Crippen LogP contribution in [0.1, 0.15) is 18.1 Å². The molecule has 0 heterocycles. The fourth-order valence-corrected chi connectivity index (χ4v) is 3.94. The molecule has 2 aromatic rings. The molecule has 0 saturated heterocycles. The molecule has 0 spiro atoms. The van der Waals surface area contributed by atoms with E-state index >= 15 is 0 Å². The van der Waals surface area contributed by atoms with E-state index in [1.807, 2.05) is 43.3 Å². The number of carbonyl (C=O) groups excluding carboxylic acids is 1. The Bertz CT molecular complexity index is 882. The standard InChI is InChI=1S/C21H28N2O4S/c1-17(21(24)27-4)14-23(15-18-9-6-5-7-10-18)16-19-11-8-12-20(13-19)28(25,26)22(2)3/h5-13,17H,14-16H2,1-4H3. The number of esters is 1. The van der Waals surface area contributed by atoms with Crippen LogP contribution in [0.4, 0.5) is 0 Å². The van der Waals surface area contributed by atoms with Gasteiger partial charge in [0.15, 0.2) is 0 Å². The first-order valence-electron chi connectivity index (χ1n) is 9.09. The molecule has 0 aliphatic carbocycles. The summed E-state index contributed by atoms with van der Waals surface area (Å²) in [5.74, 6) is -0.551. The van der Waals surface area contributed by atoms with Crippen LogP contribution >= 0.6 is 0 Å². The van der Waals surface area contributed by atoms with Crippen molar-refractivity contribution >= 4 is 16.0 Å². The van der Waals surface area contributed by atoms with E-state index in [9.17, 15) is 13.2 Å². The molecular weight excluding hydrogens is 376 g/mol. The minimum absolute atomic E-state index is 0.260. The van der Waals surface area contributed by atoms with Gasteiger partial charge in [0.05, 0.1) is 17.9 Å². The molecule has 0 aliphatic rings. The molecule has 0 saturated carbocycles. The van der Waals surface area contributed by atoms with Crippen molar-refractivity contribution in [3.8, 4) is 0 Å². The van der Waals surface area contributed by atoms with Crippen LogP contribution in [0.3, 0.4) is 0 Å². The number of benzene rings is 2. The van der Waals surface area contributed by atoms with Crippen LogP contribution in [0.5, 0.6) is 0 Å². The molecule has 2 rings (SSSR count). The molecule has 28 heavy (non-hydrogen) atoms. The van der Waals surface area contributed by atoms with Gasteiger partial charge in [-0.3, -0.25) is 9.69 Å².